The minimum absolute atomic E-state index is 0.117. The number of amides is 3. The number of anilines is 1. The van der Waals surface area contributed by atoms with Gasteiger partial charge in [0, 0.05) is 28.9 Å². The second-order valence-corrected chi connectivity index (χ2v) is 12.2. The Kier molecular flexibility index (Phi) is 6.65. The number of nitrogens with zero attached hydrogens (tertiary/aromatic N) is 3. The van der Waals surface area contributed by atoms with Crippen molar-refractivity contribution in [3.63, 3.8) is 0 Å². The maximum Gasteiger partial charge on any atom is 0.308 e. The highest BCUT2D eigenvalue weighted by molar-refractivity contribution is 8.00. The summed E-state index contributed by atoms with van der Waals surface area (Å²) in [6.45, 7) is 1.21. The normalized spacial score (nSPS) is 22.9. The number of carbonyl (C=O) groups excluding carboxylic acids is 3. The van der Waals surface area contributed by atoms with Crippen LogP contribution in [0.5, 0.6) is 0 Å². The fourth-order valence-electron chi connectivity index (χ4n) is 5.51. The van der Waals surface area contributed by atoms with Crippen LogP contribution in [-0.2, 0) is 20.9 Å². The summed E-state index contributed by atoms with van der Waals surface area (Å²) in [4.78, 5) is 57.1. The average Bonchev–Trinajstić information content (AvgIpc) is 3.36. The number of likely N-dealkylation sites (tertiary alicyclic amines) is 1. The minimum Gasteiger partial charge on any atom is -0.341 e. The van der Waals surface area contributed by atoms with Crippen LogP contribution in [0.4, 0.5) is 10.1 Å². The zero-order valence-electron chi connectivity index (χ0n) is 20.1. The third-order valence-corrected chi connectivity index (χ3v) is 10.2. The van der Waals surface area contributed by atoms with E-state index in [-0.39, 0.29) is 23.2 Å². The Morgan fingerprint density at radius 3 is 2.32 bits per heavy atom. The highest BCUT2D eigenvalue weighted by Crippen LogP contribution is 2.53. The van der Waals surface area contributed by atoms with Gasteiger partial charge in [-0.05, 0) is 61.2 Å². The lowest BCUT2D eigenvalue weighted by Crippen LogP contribution is -2.39. The fourth-order valence-corrected chi connectivity index (χ4v) is 8.41. The van der Waals surface area contributed by atoms with E-state index in [1.165, 1.54) is 33.4 Å². The van der Waals surface area contributed by atoms with Gasteiger partial charge in [-0.1, -0.05) is 46.8 Å². The van der Waals surface area contributed by atoms with Crippen molar-refractivity contribution in [3.05, 3.63) is 79.5 Å². The molecule has 11 heteroatoms. The summed E-state index contributed by atoms with van der Waals surface area (Å²) in [6.07, 6.45) is 2.95. The van der Waals surface area contributed by atoms with E-state index >= 15 is 0 Å². The van der Waals surface area contributed by atoms with E-state index in [1.54, 1.807) is 41.3 Å². The van der Waals surface area contributed by atoms with Crippen LogP contribution in [0, 0.1) is 11.7 Å². The molecule has 196 valence electrons. The maximum atomic E-state index is 13.8. The van der Waals surface area contributed by atoms with E-state index in [2.05, 4.69) is 0 Å². The topological polar surface area (TPSA) is 79.7 Å². The lowest BCUT2D eigenvalue weighted by molar-refractivity contribution is -0.133. The molecule has 3 aromatic rings. The van der Waals surface area contributed by atoms with Crippen molar-refractivity contribution in [2.75, 3.05) is 18.0 Å². The number of thiazole rings is 1. The summed E-state index contributed by atoms with van der Waals surface area (Å²) in [5, 5.41) is 0.208. The van der Waals surface area contributed by atoms with Gasteiger partial charge in [-0.2, -0.15) is 0 Å². The van der Waals surface area contributed by atoms with Crippen LogP contribution in [-0.4, -0.2) is 45.5 Å². The Labute approximate surface area is 231 Å². The quantitative estimate of drug-likeness (QED) is 0.431. The van der Waals surface area contributed by atoms with Gasteiger partial charge in [0.1, 0.15) is 17.6 Å². The number of imide groups is 1. The number of benzene rings is 2. The number of piperidine rings is 1. The van der Waals surface area contributed by atoms with Crippen LogP contribution in [0.3, 0.4) is 0 Å². The molecule has 0 unspecified atom stereocenters. The van der Waals surface area contributed by atoms with Gasteiger partial charge >= 0.3 is 4.87 Å². The first kappa shape index (κ1) is 25.3. The summed E-state index contributed by atoms with van der Waals surface area (Å²) in [6, 6.07) is 12.3. The molecule has 0 N–H and O–H groups in total. The molecule has 1 aromatic heterocycles. The number of carbonyl (C=O) groups is 3. The van der Waals surface area contributed by atoms with Crippen molar-refractivity contribution in [2.45, 2.75) is 42.0 Å². The fraction of sp³-hybridized carbons (Fsp3) is 0.333. The van der Waals surface area contributed by atoms with E-state index in [9.17, 15) is 23.6 Å². The molecule has 2 aromatic carbocycles. The Morgan fingerprint density at radius 2 is 1.63 bits per heavy atom. The molecule has 3 amide bonds. The Bertz CT molecular complexity index is 1480. The number of aromatic nitrogens is 1. The van der Waals surface area contributed by atoms with Crippen LogP contribution in [0.1, 0.15) is 35.6 Å². The molecule has 4 heterocycles. The lowest BCUT2D eigenvalue weighted by atomic mass is 9.83. The van der Waals surface area contributed by atoms with Crippen LogP contribution < -0.4 is 9.77 Å². The molecule has 6 rings (SSSR count). The van der Waals surface area contributed by atoms with E-state index in [0.717, 1.165) is 30.6 Å². The Balaban J connectivity index is 1.43. The predicted molar refractivity (Wildman–Crippen MR) is 144 cm³/mol. The maximum absolute atomic E-state index is 13.8. The monoisotopic (exact) mass is 571 g/mol. The Hall–Kier alpha value is -2.95. The van der Waals surface area contributed by atoms with Gasteiger partial charge in [0.05, 0.1) is 16.6 Å². The van der Waals surface area contributed by atoms with Crippen molar-refractivity contribution in [3.8, 4) is 0 Å². The van der Waals surface area contributed by atoms with E-state index in [0.29, 0.717) is 39.3 Å². The summed E-state index contributed by atoms with van der Waals surface area (Å²) in [5.74, 6) is -2.75. The zero-order chi connectivity index (χ0) is 26.6. The van der Waals surface area contributed by atoms with Gasteiger partial charge < -0.3 is 4.90 Å². The highest BCUT2D eigenvalue weighted by Gasteiger charge is 2.56. The van der Waals surface area contributed by atoms with Gasteiger partial charge in [-0.15, -0.1) is 0 Å². The predicted octanol–water partition coefficient (Wildman–Crippen LogP) is 4.51. The minimum atomic E-state index is -0.800. The van der Waals surface area contributed by atoms with Crippen molar-refractivity contribution >= 4 is 58.1 Å². The van der Waals surface area contributed by atoms with Crippen LogP contribution in [0.2, 0.25) is 5.02 Å². The molecule has 2 fully saturated rings. The molecule has 7 nitrogen and oxygen atoms in total. The molecule has 38 heavy (non-hydrogen) atoms. The second kappa shape index (κ2) is 9.98. The van der Waals surface area contributed by atoms with Crippen molar-refractivity contribution in [2.24, 2.45) is 5.92 Å². The van der Waals surface area contributed by atoms with Crippen LogP contribution >= 0.6 is 34.7 Å². The van der Waals surface area contributed by atoms with Crippen molar-refractivity contribution in [1.29, 1.82) is 0 Å². The van der Waals surface area contributed by atoms with Crippen LogP contribution in [0.25, 0.3) is 0 Å². The van der Waals surface area contributed by atoms with Crippen molar-refractivity contribution < 1.29 is 18.8 Å². The number of hydrogen-bond donors (Lipinski definition) is 0. The first-order valence-electron chi connectivity index (χ1n) is 12.4. The largest absolute Gasteiger partial charge is 0.341 e. The Morgan fingerprint density at radius 1 is 0.947 bits per heavy atom. The molecule has 3 aliphatic rings. The second-order valence-electron chi connectivity index (χ2n) is 9.65. The summed E-state index contributed by atoms with van der Waals surface area (Å²) in [7, 11) is 0. The van der Waals surface area contributed by atoms with E-state index in [1.807, 2.05) is 0 Å². The number of fused-ring (bicyclic) bond motifs is 2. The molecule has 0 saturated carbocycles. The lowest BCUT2D eigenvalue weighted by Gasteiger charge is -2.31. The third-order valence-electron chi connectivity index (χ3n) is 7.37. The third kappa shape index (κ3) is 4.28. The first-order chi connectivity index (χ1) is 18.3. The van der Waals surface area contributed by atoms with Gasteiger partial charge in [0.2, 0.25) is 17.7 Å². The average molecular weight is 572 g/mol. The zero-order valence-corrected chi connectivity index (χ0v) is 22.5. The molecule has 3 atom stereocenters. The van der Waals surface area contributed by atoms with E-state index < -0.39 is 28.8 Å². The van der Waals surface area contributed by atoms with Gasteiger partial charge in [-0.3, -0.25) is 23.7 Å². The molecule has 0 bridgehead atoms. The molecule has 0 spiro atoms. The van der Waals surface area contributed by atoms with E-state index in [4.69, 9.17) is 11.6 Å². The molecular weight excluding hydrogens is 549 g/mol. The first-order valence-corrected chi connectivity index (χ1v) is 14.5. The van der Waals surface area contributed by atoms with Crippen LogP contribution in [0.15, 0.2) is 58.4 Å². The van der Waals surface area contributed by atoms with Gasteiger partial charge in [-0.25, -0.2) is 9.29 Å². The van der Waals surface area contributed by atoms with Gasteiger partial charge in [0.25, 0.3) is 0 Å². The standard InChI is InChI=1S/C27H23ClFN3O4S2/c28-16-6-10-18(11-7-16)32-24(34)21-20(15-4-8-17(29)9-5-15)23-26(37-22(21)25(32)35)31(27(36)38-23)14-19(33)30-12-2-1-3-13-30/h4-11,20-22H,1-3,12-14H2/t20-,21-,22+/m0/s1. The van der Waals surface area contributed by atoms with Gasteiger partial charge in [0.15, 0.2) is 0 Å². The molecular formula is C27H23ClFN3O4S2. The number of thioether (sulfide) groups is 1. The molecule has 2 saturated heterocycles. The number of halogens is 2. The smallest absolute Gasteiger partial charge is 0.308 e. The summed E-state index contributed by atoms with van der Waals surface area (Å²) >= 11 is 8.18. The van der Waals surface area contributed by atoms with Crippen molar-refractivity contribution in [1.82, 2.24) is 9.47 Å². The SMILES string of the molecule is O=C(Cn1c2c(sc1=O)[C@@H](c1ccc(F)cc1)[C@@H]1C(=O)N(c3ccc(Cl)cc3)C(=O)[C@@H]1S2)N1CCCCC1. The highest BCUT2D eigenvalue weighted by atomic mass is 35.5. The molecule has 0 aliphatic carbocycles. The summed E-state index contributed by atoms with van der Waals surface area (Å²) < 4.78 is 15.3. The molecule has 0 radical (unpaired) electrons. The summed E-state index contributed by atoms with van der Waals surface area (Å²) in [5.41, 5.74) is 1.05. The number of rotatable bonds is 4. The molecule has 3 aliphatic heterocycles. The number of hydrogen-bond acceptors (Lipinski definition) is 6.